The summed E-state index contributed by atoms with van der Waals surface area (Å²) >= 11 is 0. The number of aliphatic hydroxyl groups is 3. The summed E-state index contributed by atoms with van der Waals surface area (Å²) in [7, 11) is 0. The first kappa shape index (κ1) is 15.7. The summed E-state index contributed by atoms with van der Waals surface area (Å²) in [5.41, 5.74) is 1.21. The van der Waals surface area contributed by atoms with Gasteiger partial charge in [0.2, 0.25) is 0 Å². The first-order chi connectivity index (χ1) is 10.6. The Kier molecular flexibility index (Phi) is 4.93. The lowest BCUT2D eigenvalue weighted by Gasteiger charge is -2.16. The first-order valence-electron chi connectivity index (χ1n) is 8.05. The average Bonchev–Trinajstić information content (AvgIpc) is 2.99. The minimum atomic E-state index is -0.707. The van der Waals surface area contributed by atoms with E-state index in [0.717, 1.165) is 6.42 Å². The third-order valence-corrected chi connectivity index (χ3v) is 4.82. The fraction of sp³-hybridized carbons (Fsp3) is 0.556. The molecule has 4 nitrogen and oxygen atoms in total. The average molecular weight is 304 g/mol. The standard InChI is InChI=1S/C18H24O4/c19-13(7-6-12-4-2-1-3-5-12)8-9-14-15-10-18(21)22-17(15)11-16(14)20/h1-5,8-9,13-21H,6-7,10-11H2/b9-8+/t13?,14-,15-,16-,17?,18?/m1/s1. The number of fused-ring (bicyclic) bond motifs is 1. The molecule has 120 valence electrons. The second-order valence-electron chi connectivity index (χ2n) is 6.39. The predicted molar refractivity (Wildman–Crippen MR) is 83.0 cm³/mol. The van der Waals surface area contributed by atoms with E-state index in [1.165, 1.54) is 5.56 Å². The van der Waals surface area contributed by atoms with Gasteiger partial charge >= 0.3 is 0 Å². The van der Waals surface area contributed by atoms with Gasteiger partial charge < -0.3 is 20.1 Å². The molecule has 1 saturated carbocycles. The minimum Gasteiger partial charge on any atom is -0.392 e. The third-order valence-electron chi connectivity index (χ3n) is 4.82. The van der Waals surface area contributed by atoms with E-state index >= 15 is 0 Å². The number of benzene rings is 1. The molecule has 3 rings (SSSR count). The summed E-state index contributed by atoms with van der Waals surface area (Å²) in [6, 6.07) is 10.1. The molecule has 1 saturated heterocycles. The van der Waals surface area contributed by atoms with Crippen LogP contribution in [-0.2, 0) is 11.2 Å². The highest BCUT2D eigenvalue weighted by Crippen LogP contribution is 2.43. The molecule has 1 aliphatic heterocycles. The maximum atomic E-state index is 10.1. The van der Waals surface area contributed by atoms with Gasteiger partial charge in [0.15, 0.2) is 6.29 Å². The summed E-state index contributed by atoms with van der Waals surface area (Å²) in [6.45, 7) is 0. The molecule has 1 aromatic carbocycles. The van der Waals surface area contributed by atoms with Crippen molar-refractivity contribution in [2.45, 2.75) is 50.3 Å². The maximum absolute atomic E-state index is 10.1. The largest absolute Gasteiger partial charge is 0.392 e. The molecule has 0 aromatic heterocycles. The molecule has 3 unspecified atom stereocenters. The number of ether oxygens (including phenoxy) is 1. The van der Waals surface area contributed by atoms with Crippen LogP contribution < -0.4 is 0 Å². The highest BCUT2D eigenvalue weighted by molar-refractivity contribution is 5.15. The van der Waals surface area contributed by atoms with Crippen LogP contribution in [0.3, 0.4) is 0 Å². The molecular formula is C18H24O4. The monoisotopic (exact) mass is 304 g/mol. The van der Waals surface area contributed by atoms with Crippen molar-refractivity contribution in [2.75, 3.05) is 0 Å². The van der Waals surface area contributed by atoms with Crippen LogP contribution in [0, 0.1) is 11.8 Å². The molecule has 0 bridgehead atoms. The Morgan fingerprint density at radius 3 is 2.73 bits per heavy atom. The molecule has 1 aliphatic carbocycles. The molecule has 1 heterocycles. The highest BCUT2D eigenvalue weighted by Gasteiger charge is 2.47. The molecule has 3 N–H and O–H groups in total. The van der Waals surface area contributed by atoms with Crippen molar-refractivity contribution in [3.8, 4) is 0 Å². The van der Waals surface area contributed by atoms with Crippen LogP contribution in [0.5, 0.6) is 0 Å². The van der Waals surface area contributed by atoms with Crippen molar-refractivity contribution in [1.29, 1.82) is 0 Å². The van der Waals surface area contributed by atoms with Gasteiger partial charge in [-0.25, -0.2) is 0 Å². The zero-order valence-corrected chi connectivity index (χ0v) is 12.6. The molecule has 2 aliphatic rings. The second kappa shape index (κ2) is 6.92. The van der Waals surface area contributed by atoms with E-state index in [-0.39, 0.29) is 17.9 Å². The maximum Gasteiger partial charge on any atom is 0.155 e. The van der Waals surface area contributed by atoms with E-state index in [1.807, 2.05) is 24.3 Å². The Labute approximate surface area is 131 Å². The van der Waals surface area contributed by atoms with Crippen LogP contribution in [0.15, 0.2) is 42.5 Å². The Morgan fingerprint density at radius 1 is 1.18 bits per heavy atom. The van der Waals surface area contributed by atoms with Crippen LogP contribution in [0.4, 0.5) is 0 Å². The van der Waals surface area contributed by atoms with E-state index in [9.17, 15) is 15.3 Å². The molecule has 1 aromatic rings. The summed E-state index contributed by atoms with van der Waals surface area (Å²) in [6.07, 6.45) is 4.59. The lowest BCUT2D eigenvalue weighted by molar-refractivity contribution is -0.0949. The SMILES string of the molecule is OC(/C=C/[C@H]1[C@H](O)CC2OC(O)C[C@@H]21)CCc1ccccc1. The Bertz CT molecular complexity index is 501. The zero-order chi connectivity index (χ0) is 15.5. The van der Waals surface area contributed by atoms with Gasteiger partial charge in [0.1, 0.15) is 0 Å². The Morgan fingerprint density at radius 2 is 1.95 bits per heavy atom. The lowest BCUT2D eigenvalue weighted by atomic mass is 9.91. The number of aliphatic hydroxyl groups excluding tert-OH is 3. The molecular weight excluding hydrogens is 280 g/mol. The van der Waals surface area contributed by atoms with Crippen LogP contribution in [0.2, 0.25) is 0 Å². The molecule has 22 heavy (non-hydrogen) atoms. The van der Waals surface area contributed by atoms with E-state index in [2.05, 4.69) is 12.1 Å². The summed E-state index contributed by atoms with van der Waals surface area (Å²) < 4.78 is 5.40. The van der Waals surface area contributed by atoms with E-state index in [1.54, 1.807) is 6.08 Å². The minimum absolute atomic E-state index is 0.0338. The number of aryl methyl sites for hydroxylation is 1. The molecule has 0 spiro atoms. The van der Waals surface area contributed by atoms with Gasteiger partial charge in [0.25, 0.3) is 0 Å². The van der Waals surface area contributed by atoms with Gasteiger partial charge in [0, 0.05) is 18.8 Å². The zero-order valence-electron chi connectivity index (χ0n) is 12.6. The quantitative estimate of drug-likeness (QED) is 0.723. The molecule has 6 atom stereocenters. The summed E-state index contributed by atoms with van der Waals surface area (Å²) in [5, 5.41) is 29.8. The Balaban J connectivity index is 1.52. The van der Waals surface area contributed by atoms with Crippen molar-refractivity contribution in [3.63, 3.8) is 0 Å². The third kappa shape index (κ3) is 3.58. The van der Waals surface area contributed by atoms with Crippen molar-refractivity contribution >= 4 is 0 Å². The predicted octanol–water partition coefficient (Wildman–Crippen LogP) is 1.64. The smallest absolute Gasteiger partial charge is 0.155 e. The van der Waals surface area contributed by atoms with E-state index < -0.39 is 18.5 Å². The van der Waals surface area contributed by atoms with Crippen LogP contribution in [0.1, 0.15) is 24.8 Å². The fourth-order valence-corrected chi connectivity index (χ4v) is 3.64. The molecule has 0 amide bonds. The molecule has 0 radical (unpaired) electrons. The fourth-order valence-electron chi connectivity index (χ4n) is 3.64. The van der Waals surface area contributed by atoms with Crippen LogP contribution in [0.25, 0.3) is 0 Å². The van der Waals surface area contributed by atoms with Gasteiger partial charge in [-0.2, -0.15) is 0 Å². The number of rotatable bonds is 5. The molecule has 4 heteroatoms. The van der Waals surface area contributed by atoms with E-state index in [4.69, 9.17) is 4.74 Å². The van der Waals surface area contributed by atoms with Crippen molar-refractivity contribution < 1.29 is 20.1 Å². The first-order valence-corrected chi connectivity index (χ1v) is 8.05. The van der Waals surface area contributed by atoms with Crippen molar-refractivity contribution in [3.05, 3.63) is 48.0 Å². The lowest BCUT2D eigenvalue weighted by Crippen LogP contribution is -2.19. The van der Waals surface area contributed by atoms with Crippen molar-refractivity contribution in [2.24, 2.45) is 11.8 Å². The van der Waals surface area contributed by atoms with Gasteiger partial charge in [-0.1, -0.05) is 42.5 Å². The second-order valence-corrected chi connectivity index (χ2v) is 6.39. The highest BCUT2D eigenvalue weighted by atomic mass is 16.6. The van der Waals surface area contributed by atoms with Gasteiger partial charge in [-0.15, -0.1) is 0 Å². The van der Waals surface area contributed by atoms with Crippen molar-refractivity contribution in [1.82, 2.24) is 0 Å². The topological polar surface area (TPSA) is 69.9 Å². The van der Waals surface area contributed by atoms with E-state index in [0.29, 0.717) is 19.3 Å². The van der Waals surface area contributed by atoms with Gasteiger partial charge in [-0.05, 0) is 24.3 Å². The summed E-state index contributed by atoms with van der Waals surface area (Å²) in [4.78, 5) is 0. The number of hydrogen-bond acceptors (Lipinski definition) is 4. The summed E-state index contributed by atoms with van der Waals surface area (Å²) in [5.74, 6) is 0.121. The number of hydrogen-bond donors (Lipinski definition) is 3. The van der Waals surface area contributed by atoms with Crippen LogP contribution in [-0.4, -0.2) is 39.9 Å². The Hall–Kier alpha value is -1.20. The van der Waals surface area contributed by atoms with Crippen LogP contribution >= 0.6 is 0 Å². The van der Waals surface area contributed by atoms with Gasteiger partial charge in [0.05, 0.1) is 18.3 Å². The normalized spacial score (nSPS) is 35.9. The molecule has 2 fully saturated rings. The van der Waals surface area contributed by atoms with Gasteiger partial charge in [-0.3, -0.25) is 0 Å².